The van der Waals surface area contributed by atoms with Crippen molar-refractivity contribution in [1.82, 2.24) is 9.97 Å². The van der Waals surface area contributed by atoms with Crippen molar-refractivity contribution < 1.29 is 0 Å². The molecule has 0 N–H and O–H groups in total. The van der Waals surface area contributed by atoms with Crippen molar-refractivity contribution >= 4 is 5.57 Å². The Kier molecular flexibility index (Phi) is 3.23. The first-order chi connectivity index (χ1) is 9.34. The fraction of sp³-hybridized carbons (Fsp3) is 0.176. The molecule has 2 atom stereocenters. The highest BCUT2D eigenvalue weighted by Crippen LogP contribution is 2.33. The molecule has 0 saturated heterocycles. The van der Waals surface area contributed by atoms with Gasteiger partial charge in [-0.05, 0) is 35.8 Å². The predicted octanol–water partition coefficient (Wildman–Crippen LogP) is 3.85. The summed E-state index contributed by atoms with van der Waals surface area (Å²) < 4.78 is 0. The summed E-state index contributed by atoms with van der Waals surface area (Å²) in [5.74, 6) is 0.783. The average molecular weight is 248 g/mol. The van der Waals surface area contributed by atoms with Crippen LogP contribution >= 0.6 is 0 Å². The van der Waals surface area contributed by atoms with Crippen molar-refractivity contribution in [3.8, 4) is 0 Å². The molecule has 0 aliphatic heterocycles. The highest BCUT2D eigenvalue weighted by molar-refractivity contribution is 5.73. The summed E-state index contributed by atoms with van der Waals surface area (Å²) in [5, 5.41) is 0. The van der Waals surface area contributed by atoms with Crippen LogP contribution in [0.4, 0.5) is 0 Å². The first-order valence-electron chi connectivity index (χ1n) is 6.57. The molecule has 2 nitrogen and oxygen atoms in total. The number of hydrogen-bond donors (Lipinski definition) is 0. The summed E-state index contributed by atoms with van der Waals surface area (Å²) in [5.41, 5.74) is 3.31. The van der Waals surface area contributed by atoms with Crippen LogP contribution in [0, 0.1) is 5.92 Å². The Morgan fingerprint density at radius 1 is 0.947 bits per heavy atom. The van der Waals surface area contributed by atoms with Crippen LogP contribution in [0.3, 0.4) is 0 Å². The third-order valence-electron chi connectivity index (χ3n) is 3.49. The van der Waals surface area contributed by atoms with Crippen LogP contribution in [-0.2, 0) is 0 Å². The van der Waals surface area contributed by atoms with Crippen molar-refractivity contribution in [2.24, 2.45) is 5.92 Å². The molecule has 19 heavy (non-hydrogen) atoms. The SMILES string of the molecule is CC1C=CC(c2ccccn2)=CC1c1ccccn1. The van der Waals surface area contributed by atoms with E-state index in [4.69, 9.17) is 0 Å². The van der Waals surface area contributed by atoms with E-state index in [1.165, 1.54) is 5.57 Å². The van der Waals surface area contributed by atoms with Crippen molar-refractivity contribution in [2.75, 3.05) is 0 Å². The molecular formula is C17H16N2. The summed E-state index contributed by atoms with van der Waals surface area (Å²) >= 11 is 0. The molecule has 2 heteroatoms. The maximum Gasteiger partial charge on any atom is 0.0698 e. The molecule has 0 radical (unpaired) electrons. The second-order valence-electron chi connectivity index (χ2n) is 4.84. The minimum Gasteiger partial charge on any atom is -0.261 e. The van der Waals surface area contributed by atoms with Crippen LogP contribution in [0.2, 0.25) is 0 Å². The van der Waals surface area contributed by atoms with E-state index >= 15 is 0 Å². The maximum atomic E-state index is 4.48. The van der Waals surface area contributed by atoms with Gasteiger partial charge in [0.25, 0.3) is 0 Å². The number of allylic oxidation sites excluding steroid dienone is 4. The summed E-state index contributed by atoms with van der Waals surface area (Å²) in [7, 11) is 0. The molecule has 0 amide bonds. The van der Waals surface area contributed by atoms with Crippen LogP contribution in [-0.4, -0.2) is 9.97 Å². The standard InChI is InChI=1S/C17H16N2/c1-13-8-9-14(16-6-2-4-10-18-16)12-15(13)17-7-3-5-11-19-17/h2-13,15H,1H3. The van der Waals surface area contributed by atoms with Crippen LogP contribution < -0.4 is 0 Å². The van der Waals surface area contributed by atoms with Gasteiger partial charge < -0.3 is 0 Å². The zero-order valence-corrected chi connectivity index (χ0v) is 10.9. The Bertz CT molecular complexity index is 600. The van der Waals surface area contributed by atoms with Gasteiger partial charge in [-0.2, -0.15) is 0 Å². The Morgan fingerprint density at radius 2 is 1.74 bits per heavy atom. The summed E-state index contributed by atoms with van der Waals surface area (Å²) in [6.07, 6.45) is 10.4. The van der Waals surface area contributed by atoms with Crippen molar-refractivity contribution in [1.29, 1.82) is 0 Å². The zero-order valence-electron chi connectivity index (χ0n) is 10.9. The molecule has 0 fully saturated rings. The fourth-order valence-corrected chi connectivity index (χ4v) is 2.41. The first-order valence-corrected chi connectivity index (χ1v) is 6.57. The maximum absolute atomic E-state index is 4.48. The Balaban J connectivity index is 1.98. The van der Waals surface area contributed by atoms with Gasteiger partial charge in [0.1, 0.15) is 0 Å². The van der Waals surface area contributed by atoms with E-state index in [9.17, 15) is 0 Å². The zero-order chi connectivity index (χ0) is 13.1. The van der Waals surface area contributed by atoms with E-state index in [0.717, 1.165) is 11.4 Å². The topological polar surface area (TPSA) is 25.8 Å². The van der Waals surface area contributed by atoms with Crippen molar-refractivity contribution in [3.05, 3.63) is 78.4 Å². The van der Waals surface area contributed by atoms with Crippen LogP contribution in [0.15, 0.2) is 67.0 Å². The van der Waals surface area contributed by atoms with Crippen molar-refractivity contribution in [2.45, 2.75) is 12.8 Å². The van der Waals surface area contributed by atoms with E-state index in [2.05, 4.69) is 41.2 Å². The van der Waals surface area contributed by atoms with Gasteiger partial charge in [-0.25, -0.2) is 0 Å². The lowest BCUT2D eigenvalue weighted by Gasteiger charge is -2.22. The van der Waals surface area contributed by atoms with E-state index in [1.54, 1.807) is 0 Å². The second kappa shape index (κ2) is 5.19. The summed E-state index contributed by atoms with van der Waals surface area (Å²) in [6, 6.07) is 12.1. The molecule has 94 valence electrons. The minimum absolute atomic E-state index is 0.322. The van der Waals surface area contributed by atoms with Gasteiger partial charge in [-0.15, -0.1) is 0 Å². The molecule has 2 unspecified atom stereocenters. The Hall–Kier alpha value is -2.22. The number of nitrogens with zero attached hydrogens (tertiary/aromatic N) is 2. The summed E-state index contributed by atoms with van der Waals surface area (Å²) in [6.45, 7) is 2.22. The van der Waals surface area contributed by atoms with E-state index < -0.39 is 0 Å². The third kappa shape index (κ3) is 2.48. The molecule has 3 rings (SSSR count). The lowest BCUT2D eigenvalue weighted by atomic mass is 9.84. The lowest BCUT2D eigenvalue weighted by molar-refractivity contribution is 0.622. The minimum atomic E-state index is 0.322. The molecule has 0 bridgehead atoms. The fourth-order valence-electron chi connectivity index (χ4n) is 2.41. The largest absolute Gasteiger partial charge is 0.261 e. The summed E-state index contributed by atoms with van der Waals surface area (Å²) in [4.78, 5) is 8.90. The van der Waals surface area contributed by atoms with E-state index in [0.29, 0.717) is 11.8 Å². The molecule has 0 saturated carbocycles. The third-order valence-corrected chi connectivity index (χ3v) is 3.49. The van der Waals surface area contributed by atoms with Gasteiger partial charge >= 0.3 is 0 Å². The predicted molar refractivity (Wildman–Crippen MR) is 77.5 cm³/mol. The number of aromatic nitrogens is 2. The van der Waals surface area contributed by atoms with Crippen LogP contribution in [0.1, 0.15) is 24.2 Å². The van der Waals surface area contributed by atoms with Gasteiger partial charge in [0, 0.05) is 24.0 Å². The molecule has 1 aliphatic carbocycles. The number of rotatable bonds is 2. The molecule has 2 aromatic heterocycles. The molecule has 2 heterocycles. The smallest absolute Gasteiger partial charge is 0.0698 e. The quantitative estimate of drug-likeness (QED) is 0.806. The van der Waals surface area contributed by atoms with Crippen LogP contribution in [0.25, 0.3) is 5.57 Å². The molecule has 1 aliphatic rings. The van der Waals surface area contributed by atoms with Gasteiger partial charge in [0.05, 0.1) is 5.69 Å². The molecule has 2 aromatic rings. The molecular weight excluding hydrogens is 232 g/mol. The molecule has 0 spiro atoms. The Labute approximate surface area is 113 Å². The Morgan fingerprint density at radius 3 is 2.42 bits per heavy atom. The average Bonchev–Trinajstić information content (AvgIpc) is 2.49. The van der Waals surface area contributed by atoms with Crippen molar-refractivity contribution in [3.63, 3.8) is 0 Å². The second-order valence-corrected chi connectivity index (χ2v) is 4.84. The van der Waals surface area contributed by atoms with E-state index in [1.807, 2.05) is 42.7 Å². The lowest BCUT2D eigenvalue weighted by Crippen LogP contribution is -2.10. The monoisotopic (exact) mass is 248 g/mol. The number of pyridine rings is 2. The van der Waals surface area contributed by atoms with Gasteiger partial charge in [0.2, 0.25) is 0 Å². The van der Waals surface area contributed by atoms with E-state index in [-0.39, 0.29) is 0 Å². The highest BCUT2D eigenvalue weighted by Gasteiger charge is 2.20. The van der Waals surface area contributed by atoms with Crippen LogP contribution in [0.5, 0.6) is 0 Å². The van der Waals surface area contributed by atoms with Gasteiger partial charge in [-0.1, -0.05) is 37.3 Å². The first kappa shape index (κ1) is 11.8. The highest BCUT2D eigenvalue weighted by atomic mass is 14.7. The van der Waals surface area contributed by atoms with Gasteiger partial charge in [0.15, 0.2) is 0 Å². The normalized spacial score (nSPS) is 22.1. The van der Waals surface area contributed by atoms with Gasteiger partial charge in [-0.3, -0.25) is 9.97 Å². The molecule has 0 aromatic carbocycles. The number of hydrogen-bond acceptors (Lipinski definition) is 2.